The number of furan rings is 1. The lowest BCUT2D eigenvalue weighted by Crippen LogP contribution is -2.36. The van der Waals surface area contributed by atoms with Crippen molar-refractivity contribution in [1.82, 2.24) is 15.6 Å². The second kappa shape index (κ2) is 11.2. The van der Waals surface area contributed by atoms with Gasteiger partial charge in [-0.3, -0.25) is 4.99 Å². The molecule has 0 aliphatic heterocycles. The minimum atomic E-state index is 0. The van der Waals surface area contributed by atoms with Gasteiger partial charge in [0, 0.05) is 31.9 Å². The van der Waals surface area contributed by atoms with Gasteiger partial charge in [-0.2, -0.15) is 0 Å². The maximum atomic E-state index is 5.74. The number of benzene rings is 1. The molecule has 7 nitrogen and oxygen atoms in total. The Morgan fingerprint density at radius 3 is 2.57 bits per heavy atom. The van der Waals surface area contributed by atoms with Crippen molar-refractivity contribution in [3.05, 3.63) is 72.3 Å². The molecule has 0 bridgehead atoms. The van der Waals surface area contributed by atoms with Crippen LogP contribution in [0, 0.1) is 0 Å². The summed E-state index contributed by atoms with van der Waals surface area (Å²) >= 11 is 0. The zero-order valence-electron chi connectivity index (χ0n) is 15.7. The Morgan fingerprint density at radius 1 is 1.07 bits per heavy atom. The Hall–Kier alpha value is -2.75. The molecule has 2 aromatic heterocycles. The van der Waals surface area contributed by atoms with Crippen molar-refractivity contribution in [2.75, 3.05) is 14.2 Å². The molecule has 0 saturated heterocycles. The van der Waals surface area contributed by atoms with Crippen LogP contribution in [-0.2, 0) is 13.1 Å². The monoisotopic (exact) mass is 494 g/mol. The molecule has 8 heteroatoms. The number of pyridine rings is 1. The van der Waals surface area contributed by atoms with Crippen LogP contribution < -0.4 is 20.1 Å². The fraction of sp³-hybridized carbons (Fsp3) is 0.200. The summed E-state index contributed by atoms with van der Waals surface area (Å²) in [6.07, 6.45) is 3.41. The van der Waals surface area contributed by atoms with Gasteiger partial charge in [-0.25, -0.2) is 4.98 Å². The lowest BCUT2D eigenvalue weighted by molar-refractivity contribution is 0.407. The number of ether oxygens (including phenoxy) is 2. The molecule has 0 spiro atoms. The zero-order chi connectivity index (χ0) is 18.9. The van der Waals surface area contributed by atoms with Crippen molar-refractivity contribution in [2.24, 2.45) is 4.99 Å². The van der Waals surface area contributed by atoms with E-state index in [2.05, 4.69) is 20.6 Å². The van der Waals surface area contributed by atoms with Crippen LogP contribution in [0.15, 0.2) is 70.4 Å². The first-order chi connectivity index (χ1) is 13.3. The van der Waals surface area contributed by atoms with Crippen molar-refractivity contribution < 1.29 is 13.9 Å². The van der Waals surface area contributed by atoms with Crippen LogP contribution in [0.4, 0.5) is 0 Å². The fourth-order valence-electron chi connectivity index (χ4n) is 2.35. The highest BCUT2D eigenvalue weighted by Crippen LogP contribution is 2.23. The molecule has 0 amide bonds. The summed E-state index contributed by atoms with van der Waals surface area (Å²) in [5.41, 5.74) is 1.01. The molecule has 0 aliphatic rings. The molecule has 0 unspecified atom stereocenters. The van der Waals surface area contributed by atoms with E-state index in [4.69, 9.17) is 13.9 Å². The van der Waals surface area contributed by atoms with E-state index in [1.807, 2.05) is 48.5 Å². The average molecular weight is 494 g/mol. The number of nitrogens with zero attached hydrogens (tertiary/aromatic N) is 2. The molecule has 28 heavy (non-hydrogen) atoms. The van der Waals surface area contributed by atoms with E-state index in [-0.39, 0.29) is 24.0 Å². The second-order valence-electron chi connectivity index (χ2n) is 5.64. The van der Waals surface area contributed by atoms with Crippen molar-refractivity contribution in [3.8, 4) is 17.4 Å². The van der Waals surface area contributed by atoms with Crippen LogP contribution in [0.3, 0.4) is 0 Å². The van der Waals surface area contributed by atoms with E-state index in [1.54, 1.807) is 26.6 Å². The number of nitrogens with one attached hydrogen (secondary N) is 2. The summed E-state index contributed by atoms with van der Waals surface area (Å²) in [6, 6.07) is 14.9. The number of methoxy groups -OCH3 is 1. The zero-order valence-corrected chi connectivity index (χ0v) is 18.0. The van der Waals surface area contributed by atoms with Crippen molar-refractivity contribution >= 4 is 29.9 Å². The summed E-state index contributed by atoms with van der Waals surface area (Å²) in [7, 11) is 3.34. The predicted octanol–water partition coefficient (Wildman–Crippen LogP) is 3.96. The lowest BCUT2D eigenvalue weighted by atomic mass is 10.3. The number of halogens is 1. The van der Waals surface area contributed by atoms with Crippen LogP contribution in [-0.4, -0.2) is 25.1 Å². The van der Waals surface area contributed by atoms with Crippen LogP contribution in [0.5, 0.6) is 17.4 Å². The van der Waals surface area contributed by atoms with Gasteiger partial charge < -0.3 is 24.5 Å². The highest BCUT2D eigenvalue weighted by Gasteiger charge is 2.03. The third-order valence-corrected chi connectivity index (χ3v) is 3.75. The molecule has 3 aromatic rings. The third-order valence-electron chi connectivity index (χ3n) is 3.75. The van der Waals surface area contributed by atoms with Crippen molar-refractivity contribution in [1.29, 1.82) is 0 Å². The number of rotatable bonds is 7. The molecule has 0 fully saturated rings. The van der Waals surface area contributed by atoms with E-state index < -0.39 is 0 Å². The molecule has 2 N–H and O–H groups in total. The first kappa shape index (κ1) is 21.5. The quantitative estimate of drug-likeness (QED) is 0.294. The Morgan fingerprint density at radius 2 is 1.89 bits per heavy atom. The first-order valence-electron chi connectivity index (χ1n) is 8.50. The lowest BCUT2D eigenvalue weighted by Gasteiger charge is -2.11. The Balaban J connectivity index is 0.00000280. The molecule has 0 atom stereocenters. The molecule has 2 heterocycles. The second-order valence-corrected chi connectivity index (χ2v) is 5.64. The Kier molecular flexibility index (Phi) is 8.60. The fourth-order valence-corrected chi connectivity index (χ4v) is 2.35. The van der Waals surface area contributed by atoms with Gasteiger partial charge in [0.05, 0.1) is 19.9 Å². The standard InChI is InChI=1S/C20H22N4O3.HI/c1-21-20(24-14-18-7-4-10-26-18)23-13-15-8-9-19(22-12-15)27-17-6-3-5-16(11-17)25-2;/h3-12H,13-14H2,1-2H3,(H2,21,23,24);1H. The molecular formula is C20H23IN4O3. The number of aromatic nitrogens is 1. The Bertz CT molecular complexity index is 867. The van der Waals surface area contributed by atoms with E-state index in [1.165, 1.54) is 0 Å². The van der Waals surface area contributed by atoms with E-state index in [0.29, 0.717) is 30.7 Å². The molecule has 148 valence electrons. The van der Waals surface area contributed by atoms with E-state index >= 15 is 0 Å². The van der Waals surface area contributed by atoms with Crippen LogP contribution in [0.2, 0.25) is 0 Å². The normalized spacial score (nSPS) is 10.7. The summed E-state index contributed by atoms with van der Waals surface area (Å²) in [5, 5.41) is 6.42. The van der Waals surface area contributed by atoms with Crippen molar-refractivity contribution in [2.45, 2.75) is 13.1 Å². The highest BCUT2D eigenvalue weighted by atomic mass is 127. The van der Waals surface area contributed by atoms with Gasteiger partial charge >= 0.3 is 0 Å². The largest absolute Gasteiger partial charge is 0.497 e. The van der Waals surface area contributed by atoms with Gasteiger partial charge in [0.15, 0.2) is 5.96 Å². The van der Waals surface area contributed by atoms with Gasteiger partial charge in [-0.05, 0) is 29.8 Å². The number of hydrogen-bond acceptors (Lipinski definition) is 5. The van der Waals surface area contributed by atoms with Crippen LogP contribution >= 0.6 is 24.0 Å². The van der Waals surface area contributed by atoms with Crippen LogP contribution in [0.1, 0.15) is 11.3 Å². The SMILES string of the molecule is CN=C(NCc1ccc(Oc2cccc(OC)c2)nc1)NCc1ccco1.I. The van der Waals surface area contributed by atoms with Gasteiger partial charge in [0.1, 0.15) is 17.3 Å². The molecule has 0 saturated carbocycles. The minimum absolute atomic E-state index is 0. The molecule has 0 aliphatic carbocycles. The van der Waals surface area contributed by atoms with E-state index in [9.17, 15) is 0 Å². The summed E-state index contributed by atoms with van der Waals surface area (Å²) in [6.45, 7) is 1.16. The molecule has 0 radical (unpaired) electrons. The number of aliphatic imine (C=N–C) groups is 1. The van der Waals surface area contributed by atoms with Gasteiger partial charge in [-0.1, -0.05) is 12.1 Å². The summed E-state index contributed by atoms with van der Waals surface area (Å²) < 4.78 is 16.2. The number of guanidine groups is 1. The van der Waals surface area contributed by atoms with Gasteiger partial charge in [0.2, 0.25) is 5.88 Å². The maximum Gasteiger partial charge on any atom is 0.219 e. The molecular weight excluding hydrogens is 471 g/mol. The van der Waals surface area contributed by atoms with Gasteiger partial charge in [0.25, 0.3) is 0 Å². The van der Waals surface area contributed by atoms with Crippen LogP contribution in [0.25, 0.3) is 0 Å². The molecule has 1 aromatic carbocycles. The molecule has 3 rings (SSSR count). The maximum absolute atomic E-state index is 5.74. The summed E-state index contributed by atoms with van der Waals surface area (Å²) in [4.78, 5) is 8.53. The van der Waals surface area contributed by atoms with Crippen molar-refractivity contribution in [3.63, 3.8) is 0 Å². The summed E-state index contributed by atoms with van der Waals surface area (Å²) in [5.74, 6) is 3.46. The predicted molar refractivity (Wildman–Crippen MR) is 118 cm³/mol. The van der Waals surface area contributed by atoms with E-state index in [0.717, 1.165) is 17.1 Å². The minimum Gasteiger partial charge on any atom is -0.497 e. The Labute approximate surface area is 181 Å². The topological polar surface area (TPSA) is 80.9 Å². The van der Waals surface area contributed by atoms with Gasteiger partial charge in [-0.15, -0.1) is 24.0 Å². The highest BCUT2D eigenvalue weighted by molar-refractivity contribution is 14.0. The third kappa shape index (κ3) is 6.45. The number of hydrogen-bond donors (Lipinski definition) is 2. The first-order valence-corrected chi connectivity index (χ1v) is 8.50. The smallest absolute Gasteiger partial charge is 0.219 e. The average Bonchev–Trinajstić information content (AvgIpc) is 3.23.